The smallest absolute Gasteiger partial charge is 0.114 e. The lowest BCUT2D eigenvalue weighted by Crippen LogP contribution is -2.45. The lowest BCUT2D eigenvalue weighted by atomic mass is 9.60. The summed E-state index contributed by atoms with van der Waals surface area (Å²) in [6.45, 7) is 13.2. The summed E-state index contributed by atoms with van der Waals surface area (Å²) in [4.78, 5) is 0. The van der Waals surface area contributed by atoms with Crippen molar-refractivity contribution in [3.63, 3.8) is 0 Å². The summed E-state index contributed by atoms with van der Waals surface area (Å²) < 4.78 is 5.63. The van der Waals surface area contributed by atoms with Crippen LogP contribution in [0.4, 0.5) is 0 Å². The van der Waals surface area contributed by atoms with E-state index in [2.05, 4.69) is 32.6 Å². The number of aliphatic hydroxyl groups excluding tert-OH is 3. The molecule has 0 amide bonds. The first-order chi connectivity index (χ1) is 16.5. The van der Waals surface area contributed by atoms with E-state index in [-0.39, 0.29) is 6.61 Å². The fourth-order valence-electron chi connectivity index (χ4n) is 7.21. The zero-order valence-electron chi connectivity index (χ0n) is 22.5. The van der Waals surface area contributed by atoms with E-state index in [1.54, 1.807) is 0 Å². The highest BCUT2D eigenvalue weighted by molar-refractivity contribution is 5.40. The van der Waals surface area contributed by atoms with E-state index < -0.39 is 23.9 Å². The number of hydrogen-bond donors (Lipinski definition) is 4. The van der Waals surface area contributed by atoms with Gasteiger partial charge < -0.3 is 25.2 Å². The normalized spacial score (nSPS) is 37.1. The molecule has 0 heterocycles. The summed E-state index contributed by atoms with van der Waals surface area (Å²) in [5, 5.41) is 40.4. The molecule has 0 aromatic heterocycles. The van der Waals surface area contributed by atoms with Gasteiger partial charge >= 0.3 is 0 Å². The van der Waals surface area contributed by atoms with Crippen LogP contribution in [-0.2, 0) is 4.74 Å². The molecule has 35 heavy (non-hydrogen) atoms. The van der Waals surface area contributed by atoms with Crippen molar-refractivity contribution in [3.8, 4) is 0 Å². The van der Waals surface area contributed by atoms with Gasteiger partial charge in [-0.05, 0) is 93.1 Å². The van der Waals surface area contributed by atoms with E-state index in [9.17, 15) is 15.3 Å². The van der Waals surface area contributed by atoms with Crippen molar-refractivity contribution in [2.45, 2.75) is 116 Å². The average molecular weight is 491 g/mol. The quantitative estimate of drug-likeness (QED) is 0.321. The molecule has 0 unspecified atom stereocenters. The standard InChI is InChI=1S/C30H50O5/c1-20(9-6-15-29(3,4)34)24-13-14-25-22(10-7-16-30(24,25)5)11-12-23-19-26(32)28(27(33)21(23)2)35-18-8-17-31/h11-12,20,24-28,31-34H,2,6-10,13-19H2,1,3-5H3/b22-11+,23-12-/t20-,24-,25+,26+,27+,28+,30-/m1/s1. The van der Waals surface area contributed by atoms with Crippen molar-refractivity contribution in [2.75, 3.05) is 13.2 Å². The highest BCUT2D eigenvalue weighted by Crippen LogP contribution is 2.60. The van der Waals surface area contributed by atoms with Gasteiger partial charge in [-0.15, -0.1) is 0 Å². The molecular formula is C30H50O5. The maximum absolute atomic E-state index is 10.7. The molecule has 3 saturated carbocycles. The Labute approximate surface area is 213 Å². The van der Waals surface area contributed by atoms with Gasteiger partial charge in [-0.25, -0.2) is 0 Å². The molecule has 7 atom stereocenters. The molecule has 0 bridgehead atoms. The second-order valence-electron chi connectivity index (χ2n) is 12.4. The minimum Gasteiger partial charge on any atom is -0.396 e. The molecule has 3 aliphatic rings. The van der Waals surface area contributed by atoms with Gasteiger partial charge in [0.15, 0.2) is 0 Å². The Morgan fingerprint density at radius 2 is 1.94 bits per heavy atom. The van der Waals surface area contributed by atoms with E-state index in [1.807, 2.05) is 13.8 Å². The molecule has 5 nitrogen and oxygen atoms in total. The van der Waals surface area contributed by atoms with Crippen LogP contribution >= 0.6 is 0 Å². The number of hydrogen-bond acceptors (Lipinski definition) is 5. The monoisotopic (exact) mass is 490 g/mol. The van der Waals surface area contributed by atoms with Gasteiger partial charge in [-0.1, -0.05) is 51.0 Å². The number of aliphatic hydroxyl groups is 4. The third-order valence-corrected chi connectivity index (χ3v) is 9.17. The molecule has 3 fully saturated rings. The van der Waals surface area contributed by atoms with Crippen LogP contribution in [0.2, 0.25) is 0 Å². The second-order valence-corrected chi connectivity index (χ2v) is 12.4. The molecule has 5 heteroatoms. The molecule has 0 radical (unpaired) electrons. The van der Waals surface area contributed by atoms with Crippen molar-refractivity contribution in [1.82, 2.24) is 0 Å². The van der Waals surface area contributed by atoms with Gasteiger partial charge in [0, 0.05) is 19.6 Å². The lowest BCUT2D eigenvalue weighted by molar-refractivity contribution is -0.0968. The first kappa shape index (κ1) is 28.6. The van der Waals surface area contributed by atoms with E-state index in [0.717, 1.165) is 30.8 Å². The maximum atomic E-state index is 10.7. The second kappa shape index (κ2) is 12.0. The summed E-state index contributed by atoms with van der Waals surface area (Å²) in [6.07, 6.45) is 12.1. The van der Waals surface area contributed by atoms with Crippen LogP contribution in [0.15, 0.2) is 35.5 Å². The van der Waals surface area contributed by atoms with Crippen LogP contribution < -0.4 is 0 Å². The Morgan fingerprint density at radius 1 is 1.20 bits per heavy atom. The summed E-state index contributed by atoms with van der Waals surface area (Å²) in [5.74, 6) is 1.98. The van der Waals surface area contributed by atoms with Gasteiger partial charge in [-0.2, -0.15) is 0 Å². The van der Waals surface area contributed by atoms with Gasteiger partial charge in [0.2, 0.25) is 0 Å². The third-order valence-electron chi connectivity index (χ3n) is 9.17. The molecule has 0 aromatic rings. The first-order valence-corrected chi connectivity index (χ1v) is 13.9. The SMILES string of the molecule is C=C1/C(=C\C=C2/CCC[C@]3(C)[C@@H]([C@H](C)CCCC(C)(C)O)CC[C@@H]23)C[C@H](O)[C@H](OCCCO)[C@H]1O. The van der Waals surface area contributed by atoms with Crippen LogP contribution in [-0.4, -0.2) is 57.6 Å². The van der Waals surface area contributed by atoms with Gasteiger partial charge in [-0.3, -0.25) is 0 Å². The van der Waals surface area contributed by atoms with Crippen molar-refractivity contribution in [2.24, 2.45) is 23.2 Å². The Bertz CT molecular complexity index is 778. The number of allylic oxidation sites excluding steroid dienone is 3. The van der Waals surface area contributed by atoms with Crippen LogP contribution in [0.5, 0.6) is 0 Å². The van der Waals surface area contributed by atoms with E-state index >= 15 is 0 Å². The zero-order valence-corrected chi connectivity index (χ0v) is 22.5. The third kappa shape index (κ3) is 6.87. The molecule has 3 rings (SSSR count). The molecule has 0 aromatic carbocycles. The Balaban J connectivity index is 1.67. The highest BCUT2D eigenvalue weighted by atomic mass is 16.5. The number of fused-ring (bicyclic) bond motifs is 1. The summed E-state index contributed by atoms with van der Waals surface area (Å²) in [5.41, 5.74) is 2.79. The van der Waals surface area contributed by atoms with Gasteiger partial charge in [0.1, 0.15) is 12.2 Å². The van der Waals surface area contributed by atoms with Gasteiger partial charge in [0.25, 0.3) is 0 Å². The molecule has 0 spiro atoms. The minimum absolute atomic E-state index is 0.0269. The predicted octanol–water partition coefficient (Wildman–Crippen LogP) is 5.08. The Hall–Kier alpha value is -0.980. The number of ether oxygens (including phenoxy) is 1. The van der Waals surface area contributed by atoms with Crippen molar-refractivity contribution < 1.29 is 25.2 Å². The highest BCUT2D eigenvalue weighted by Gasteiger charge is 2.50. The van der Waals surface area contributed by atoms with Crippen LogP contribution in [0.25, 0.3) is 0 Å². The van der Waals surface area contributed by atoms with Crippen molar-refractivity contribution in [3.05, 3.63) is 35.5 Å². The van der Waals surface area contributed by atoms with Crippen LogP contribution in [0, 0.1) is 23.2 Å². The summed E-state index contributed by atoms with van der Waals surface area (Å²) in [7, 11) is 0. The lowest BCUT2D eigenvalue weighted by Gasteiger charge is -2.44. The molecule has 4 N–H and O–H groups in total. The molecular weight excluding hydrogens is 440 g/mol. The predicted molar refractivity (Wildman–Crippen MR) is 141 cm³/mol. The molecule has 0 saturated heterocycles. The Kier molecular flexibility index (Phi) is 9.84. The topological polar surface area (TPSA) is 90.2 Å². The fraction of sp³-hybridized carbons (Fsp3) is 0.800. The summed E-state index contributed by atoms with van der Waals surface area (Å²) in [6, 6.07) is 0. The largest absolute Gasteiger partial charge is 0.396 e. The van der Waals surface area contributed by atoms with E-state index in [4.69, 9.17) is 9.84 Å². The van der Waals surface area contributed by atoms with E-state index in [1.165, 1.54) is 37.7 Å². The first-order valence-electron chi connectivity index (χ1n) is 13.9. The van der Waals surface area contributed by atoms with Gasteiger partial charge in [0.05, 0.1) is 11.7 Å². The zero-order chi connectivity index (χ0) is 25.8. The van der Waals surface area contributed by atoms with Crippen molar-refractivity contribution in [1.29, 1.82) is 0 Å². The van der Waals surface area contributed by atoms with Crippen molar-refractivity contribution >= 4 is 0 Å². The minimum atomic E-state index is -0.931. The Morgan fingerprint density at radius 3 is 2.63 bits per heavy atom. The molecule has 3 aliphatic carbocycles. The van der Waals surface area contributed by atoms with E-state index in [0.29, 0.717) is 42.3 Å². The summed E-state index contributed by atoms with van der Waals surface area (Å²) >= 11 is 0. The maximum Gasteiger partial charge on any atom is 0.114 e. The fourth-order valence-corrected chi connectivity index (χ4v) is 7.21. The average Bonchev–Trinajstić information content (AvgIpc) is 3.14. The molecule has 0 aliphatic heterocycles. The van der Waals surface area contributed by atoms with Crippen LogP contribution in [0.1, 0.15) is 91.9 Å². The van der Waals surface area contributed by atoms with Crippen LogP contribution in [0.3, 0.4) is 0 Å². The number of rotatable bonds is 10. The molecule has 200 valence electrons.